The molecule has 0 saturated heterocycles. The minimum Gasteiger partial charge on any atom is -0.246 e. The molecule has 6 aromatic rings. The molecular formula is C36H28N2. The zero-order valence-electron chi connectivity index (χ0n) is 21.6. The van der Waals surface area contributed by atoms with E-state index < -0.39 is 0 Å². The summed E-state index contributed by atoms with van der Waals surface area (Å²) < 4.78 is 0. The van der Waals surface area contributed by atoms with Gasteiger partial charge in [-0.25, -0.2) is 9.97 Å². The van der Waals surface area contributed by atoms with Gasteiger partial charge >= 0.3 is 0 Å². The molecule has 0 aliphatic heterocycles. The number of benzene rings is 4. The average molecular weight is 489 g/mol. The fourth-order valence-electron chi connectivity index (χ4n) is 4.79. The van der Waals surface area contributed by atoms with Crippen LogP contribution in [0.4, 0.5) is 0 Å². The molecule has 0 aliphatic carbocycles. The van der Waals surface area contributed by atoms with Gasteiger partial charge in [0.1, 0.15) is 0 Å². The van der Waals surface area contributed by atoms with Crippen molar-refractivity contribution < 1.29 is 0 Å². The average Bonchev–Trinajstić information content (AvgIpc) is 2.97. The van der Waals surface area contributed by atoms with Gasteiger partial charge in [0.25, 0.3) is 0 Å². The lowest BCUT2D eigenvalue weighted by atomic mass is 10.0. The van der Waals surface area contributed by atoms with Gasteiger partial charge < -0.3 is 0 Å². The minimum atomic E-state index is 0.864. The van der Waals surface area contributed by atoms with E-state index in [0.29, 0.717) is 0 Å². The molecule has 0 fully saturated rings. The molecule has 0 unspecified atom stereocenters. The summed E-state index contributed by atoms with van der Waals surface area (Å²) >= 11 is 0. The van der Waals surface area contributed by atoms with Crippen LogP contribution in [0.2, 0.25) is 0 Å². The molecule has 2 aromatic heterocycles. The Morgan fingerprint density at radius 1 is 0.316 bits per heavy atom. The highest BCUT2D eigenvalue weighted by atomic mass is 14.8. The van der Waals surface area contributed by atoms with Crippen LogP contribution in [0.25, 0.3) is 56.2 Å². The molecule has 0 bridgehead atoms. The Balaban J connectivity index is 1.26. The highest BCUT2D eigenvalue weighted by molar-refractivity contribution is 5.72. The van der Waals surface area contributed by atoms with E-state index in [9.17, 15) is 0 Å². The van der Waals surface area contributed by atoms with Gasteiger partial charge in [-0.3, -0.25) is 0 Å². The van der Waals surface area contributed by atoms with Crippen LogP contribution in [-0.2, 0) is 0 Å². The lowest BCUT2D eigenvalue weighted by molar-refractivity contribution is 1.25. The number of pyridine rings is 2. The molecule has 2 heterocycles. The van der Waals surface area contributed by atoms with Gasteiger partial charge in [-0.05, 0) is 60.4 Å². The third kappa shape index (κ3) is 5.02. The molecule has 0 aliphatic rings. The Morgan fingerprint density at radius 2 is 0.658 bits per heavy atom. The molecule has 2 heteroatoms. The maximum atomic E-state index is 4.96. The Hall–Kier alpha value is -4.82. The summed E-state index contributed by atoms with van der Waals surface area (Å²) in [5, 5.41) is 0. The van der Waals surface area contributed by atoms with Crippen molar-refractivity contribution in [3.05, 3.63) is 145 Å². The monoisotopic (exact) mass is 488 g/mol. The number of hydrogen-bond donors (Lipinski definition) is 0. The predicted molar refractivity (Wildman–Crippen MR) is 159 cm³/mol. The molecule has 2 nitrogen and oxygen atoms in total. The third-order valence-electron chi connectivity index (χ3n) is 6.82. The summed E-state index contributed by atoms with van der Waals surface area (Å²) in [5.74, 6) is 0. The van der Waals surface area contributed by atoms with E-state index in [1.807, 2.05) is 12.1 Å². The molecule has 0 amide bonds. The van der Waals surface area contributed by atoms with Crippen LogP contribution in [-0.4, -0.2) is 9.97 Å². The first kappa shape index (κ1) is 23.6. The van der Waals surface area contributed by atoms with Crippen molar-refractivity contribution in [1.82, 2.24) is 9.97 Å². The second kappa shape index (κ2) is 10.3. The molecular weight excluding hydrogens is 460 g/mol. The van der Waals surface area contributed by atoms with Crippen molar-refractivity contribution in [1.29, 1.82) is 0 Å². The van der Waals surface area contributed by atoms with Crippen LogP contribution in [0.5, 0.6) is 0 Å². The Kier molecular flexibility index (Phi) is 6.37. The molecule has 0 radical (unpaired) electrons. The third-order valence-corrected chi connectivity index (χ3v) is 6.82. The van der Waals surface area contributed by atoms with E-state index in [4.69, 9.17) is 9.97 Å². The maximum Gasteiger partial charge on any atom is 0.0893 e. The van der Waals surface area contributed by atoms with Crippen LogP contribution in [0, 0.1) is 13.8 Å². The number of aryl methyl sites for hydroxylation is 2. The second-order valence-corrected chi connectivity index (χ2v) is 9.71. The molecule has 0 atom stereocenters. The molecule has 182 valence electrons. The summed E-state index contributed by atoms with van der Waals surface area (Å²) in [6.45, 7) is 4.24. The van der Waals surface area contributed by atoms with Crippen molar-refractivity contribution in [3.63, 3.8) is 0 Å². The molecule has 6 rings (SSSR count). The van der Waals surface area contributed by atoms with Crippen LogP contribution in [0.15, 0.2) is 133 Å². The minimum absolute atomic E-state index is 0.864. The van der Waals surface area contributed by atoms with Crippen LogP contribution >= 0.6 is 0 Å². The van der Waals surface area contributed by atoms with Crippen molar-refractivity contribution >= 4 is 0 Å². The van der Waals surface area contributed by atoms with Gasteiger partial charge in [-0.2, -0.15) is 0 Å². The summed E-state index contributed by atoms with van der Waals surface area (Å²) in [6.07, 6.45) is 0. The number of aromatic nitrogens is 2. The highest BCUT2D eigenvalue weighted by Crippen LogP contribution is 2.28. The van der Waals surface area contributed by atoms with Gasteiger partial charge in [0.2, 0.25) is 0 Å². The molecule has 0 spiro atoms. The van der Waals surface area contributed by atoms with E-state index in [0.717, 1.165) is 33.9 Å². The van der Waals surface area contributed by atoms with Gasteiger partial charge in [-0.1, -0.05) is 120 Å². The fourth-order valence-corrected chi connectivity index (χ4v) is 4.79. The molecule has 38 heavy (non-hydrogen) atoms. The SMILES string of the molecule is Cc1cccc(-c2ccc(-c3cccc(-c4cccc(-c5ccc(-c6cccc(C)c6)cc5)n4)n3)cc2)c1. The van der Waals surface area contributed by atoms with Gasteiger partial charge in [-0.15, -0.1) is 0 Å². The molecule has 0 N–H and O–H groups in total. The Bertz CT molecular complexity index is 1580. The summed E-state index contributed by atoms with van der Waals surface area (Å²) in [5.41, 5.74) is 13.2. The van der Waals surface area contributed by atoms with E-state index in [-0.39, 0.29) is 0 Å². The second-order valence-electron chi connectivity index (χ2n) is 9.71. The van der Waals surface area contributed by atoms with Crippen molar-refractivity contribution in [3.8, 4) is 56.2 Å². The van der Waals surface area contributed by atoms with Gasteiger partial charge in [0.15, 0.2) is 0 Å². The zero-order valence-corrected chi connectivity index (χ0v) is 21.6. The molecule has 4 aromatic carbocycles. The topological polar surface area (TPSA) is 25.8 Å². The zero-order chi connectivity index (χ0) is 25.9. The van der Waals surface area contributed by atoms with Crippen LogP contribution < -0.4 is 0 Å². The quantitative estimate of drug-likeness (QED) is 0.241. The van der Waals surface area contributed by atoms with E-state index in [1.54, 1.807) is 0 Å². The number of rotatable bonds is 5. The van der Waals surface area contributed by atoms with E-state index >= 15 is 0 Å². The summed E-state index contributed by atoms with van der Waals surface area (Å²) in [6, 6.07) is 46.7. The fraction of sp³-hybridized carbons (Fsp3) is 0.0556. The standard InChI is InChI=1S/C36H28N2/c1-25-7-3-9-31(23-25)27-15-19-29(20-16-27)33-11-5-13-35(37-33)36-14-6-12-34(38-36)30-21-17-28(18-22-30)32-10-4-8-26(2)24-32/h3-24H,1-2H3. The first-order valence-corrected chi connectivity index (χ1v) is 12.9. The van der Waals surface area contributed by atoms with E-state index in [1.165, 1.54) is 33.4 Å². The van der Waals surface area contributed by atoms with Gasteiger partial charge in [0.05, 0.1) is 22.8 Å². The van der Waals surface area contributed by atoms with Crippen molar-refractivity contribution in [2.75, 3.05) is 0 Å². The lowest BCUT2D eigenvalue weighted by Crippen LogP contribution is -1.92. The Labute approximate surface area is 224 Å². The summed E-state index contributed by atoms with van der Waals surface area (Å²) in [4.78, 5) is 9.93. The first-order chi connectivity index (χ1) is 18.6. The first-order valence-electron chi connectivity index (χ1n) is 12.9. The molecule has 0 saturated carbocycles. The van der Waals surface area contributed by atoms with Gasteiger partial charge in [0, 0.05) is 11.1 Å². The van der Waals surface area contributed by atoms with Crippen LogP contribution in [0.3, 0.4) is 0 Å². The normalized spacial score (nSPS) is 10.9. The summed E-state index contributed by atoms with van der Waals surface area (Å²) in [7, 11) is 0. The predicted octanol–water partition coefficient (Wildman–Crippen LogP) is 9.43. The maximum absolute atomic E-state index is 4.96. The van der Waals surface area contributed by atoms with E-state index in [2.05, 4.69) is 135 Å². The van der Waals surface area contributed by atoms with Crippen molar-refractivity contribution in [2.45, 2.75) is 13.8 Å². The highest BCUT2D eigenvalue weighted by Gasteiger charge is 2.08. The lowest BCUT2D eigenvalue weighted by Gasteiger charge is -2.09. The largest absolute Gasteiger partial charge is 0.246 e. The Morgan fingerprint density at radius 3 is 1.05 bits per heavy atom. The van der Waals surface area contributed by atoms with Crippen LogP contribution in [0.1, 0.15) is 11.1 Å². The number of nitrogens with zero attached hydrogens (tertiary/aromatic N) is 2. The number of hydrogen-bond acceptors (Lipinski definition) is 2. The smallest absolute Gasteiger partial charge is 0.0893 e. The van der Waals surface area contributed by atoms with Crippen molar-refractivity contribution in [2.24, 2.45) is 0 Å².